The fraction of sp³-hybridized carbons (Fsp3) is 0.208. The summed E-state index contributed by atoms with van der Waals surface area (Å²) >= 11 is 0. The largest absolute Gasteiger partial charge is 0.308 e. The molecule has 2 aromatic carbocycles. The Labute approximate surface area is 168 Å². The molecule has 0 saturated heterocycles. The molecule has 29 heavy (non-hydrogen) atoms. The van der Waals surface area contributed by atoms with Gasteiger partial charge in [0.1, 0.15) is 0 Å². The number of benzene rings is 2. The number of para-hydroxylation sites is 1. The minimum Gasteiger partial charge on any atom is -0.308 e. The van der Waals surface area contributed by atoms with Crippen molar-refractivity contribution in [2.45, 2.75) is 25.9 Å². The maximum Gasteiger partial charge on any atom is 0.256 e. The van der Waals surface area contributed by atoms with Gasteiger partial charge in [-0.05, 0) is 42.5 Å². The van der Waals surface area contributed by atoms with Gasteiger partial charge in [0, 0.05) is 34.8 Å². The Hall–Kier alpha value is -3.65. The van der Waals surface area contributed by atoms with Crippen LogP contribution in [0, 0.1) is 18.3 Å². The lowest BCUT2D eigenvalue weighted by Gasteiger charge is -2.18. The predicted octanol–water partition coefficient (Wildman–Crippen LogP) is 3.70. The Morgan fingerprint density at radius 3 is 2.76 bits per heavy atom. The van der Waals surface area contributed by atoms with Crippen molar-refractivity contribution >= 4 is 10.9 Å². The van der Waals surface area contributed by atoms with Gasteiger partial charge in [0.2, 0.25) is 0 Å². The first-order chi connectivity index (χ1) is 14.2. The third kappa shape index (κ3) is 3.23. The molecule has 0 bridgehead atoms. The molecule has 0 radical (unpaired) electrons. The van der Waals surface area contributed by atoms with Crippen LogP contribution in [0.15, 0.2) is 65.7 Å². The number of pyridine rings is 1. The van der Waals surface area contributed by atoms with Gasteiger partial charge < -0.3 is 4.57 Å². The maximum atomic E-state index is 13.7. The molecule has 1 aliphatic carbocycles. The molecule has 4 aromatic rings. The summed E-state index contributed by atoms with van der Waals surface area (Å²) in [4.78, 5) is 13.7. The molecule has 0 amide bonds. The van der Waals surface area contributed by atoms with Crippen molar-refractivity contribution in [2.24, 2.45) is 5.92 Å². The van der Waals surface area contributed by atoms with E-state index in [0.29, 0.717) is 18.0 Å². The number of terminal acetylenes is 1. The van der Waals surface area contributed by atoms with Crippen LogP contribution >= 0.6 is 0 Å². The minimum absolute atomic E-state index is 0.0345. The Kier molecular flexibility index (Phi) is 4.25. The maximum absolute atomic E-state index is 13.7. The minimum atomic E-state index is 0.0345. The van der Waals surface area contributed by atoms with Crippen LogP contribution < -0.4 is 5.56 Å². The second-order valence-electron chi connectivity index (χ2n) is 7.56. The lowest BCUT2D eigenvalue weighted by Crippen LogP contribution is -2.27. The Balaban J connectivity index is 1.83. The molecule has 1 fully saturated rings. The summed E-state index contributed by atoms with van der Waals surface area (Å²) in [6.07, 6.45) is 11.4. The predicted molar refractivity (Wildman–Crippen MR) is 113 cm³/mol. The average molecular weight is 380 g/mol. The summed E-state index contributed by atoms with van der Waals surface area (Å²) in [6.45, 7) is 1.12. The highest BCUT2D eigenvalue weighted by molar-refractivity contribution is 5.96. The third-order valence-electron chi connectivity index (χ3n) is 5.52. The molecule has 0 aliphatic heterocycles. The molecule has 2 aromatic heterocycles. The molecule has 5 rings (SSSR count). The van der Waals surface area contributed by atoms with E-state index in [1.165, 1.54) is 12.8 Å². The summed E-state index contributed by atoms with van der Waals surface area (Å²) in [7, 11) is 0. The van der Waals surface area contributed by atoms with Gasteiger partial charge in [-0.1, -0.05) is 41.5 Å². The summed E-state index contributed by atoms with van der Waals surface area (Å²) in [6, 6.07) is 15.9. The Morgan fingerprint density at radius 1 is 1.14 bits per heavy atom. The fourth-order valence-electron chi connectivity index (χ4n) is 3.92. The van der Waals surface area contributed by atoms with Crippen molar-refractivity contribution in [3.8, 4) is 23.5 Å². The van der Waals surface area contributed by atoms with Crippen LogP contribution in [0.2, 0.25) is 0 Å². The van der Waals surface area contributed by atoms with Crippen LogP contribution in [0.25, 0.3) is 22.0 Å². The normalized spacial score (nSPS) is 13.5. The summed E-state index contributed by atoms with van der Waals surface area (Å²) in [5, 5.41) is 9.04. The van der Waals surface area contributed by atoms with E-state index < -0.39 is 0 Å². The standard InChI is InChI=1S/C24H20N4O/c1-2-17-6-5-7-19(14-17)23-20-8-3-4-9-22(20)28(15-18-10-11-18)24(29)21(23)16-27-13-12-25-26-27/h1,3-9,12-14,18H,10-11,15-16H2. The Morgan fingerprint density at radius 2 is 2.00 bits per heavy atom. The van der Waals surface area contributed by atoms with Gasteiger partial charge in [-0.3, -0.25) is 4.79 Å². The van der Waals surface area contributed by atoms with Crippen LogP contribution in [0.5, 0.6) is 0 Å². The van der Waals surface area contributed by atoms with E-state index in [1.807, 2.05) is 47.0 Å². The van der Waals surface area contributed by atoms with E-state index in [-0.39, 0.29) is 5.56 Å². The number of rotatable bonds is 5. The van der Waals surface area contributed by atoms with Crippen LogP contribution in [-0.2, 0) is 13.1 Å². The molecule has 0 unspecified atom stereocenters. The van der Waals surface area contributed by atoms with Gasteiger partial charge in [0.05, 0.1) is 18.3 Å². The fourth-order valence-corrected chi connectivity index (χ4v) is 3.92. The van der Waals surface area contributed by atoms with Gasteiger partial charge >= 0.3 is 0 Å². The topological polar surface area (TPSA) is 52.7 Å². The number of fused-ring (bicyclic) bond motifs is 1. The van der Waals surface area contributed by atoms with Crippen molar-refractivity contribution in [1.29, 1.82) is 0 Å². The molecule has 1 saturated carbocycles. The van der Waals surface area contributed by atoms with Crippen molar-refractivity contribution in [3.05, 3.63) is 82.4 Å². The molecule has 2 heterocycles. The molecule has 0 spiro atoms. The van der Waals surface area contributed by atoms with E-state index in [2.05, 4.69) is 22.3 Å². The lowest BCUT2D eigenvalue weighted by atomic mass is 9.94. The van der Waals surface area contributed by atoms with Crippen molar-refractivity contribution in [2.75, 3.05) is 0 Å². The first-order valence-electron chi connectivity index (χ1n) is 9.80. The van der Waals surface area contributed by atoms with Crippen molar-refractivity contribution < 1.29 is 0 Å². The molecule has 142 valence electrons. The quantitative estimate of drug-likeness (QED) is 0.496. The number of aromatic nitrogens is 4. The van der Waals surface area contributed by atoms with Gasteiger partial charge in [-0.25, -0.2) is 4.68 Å². The molecule has 0 atom stereocenters. The summed E-state index contributed by atoms with van der Waals surface area (Å²) in [5.74, 6) is 3.29. The Bertz CT molecular complexity index is 1290. The zero-order valence-electron chi connectivity index (χ0n) is 16.0. The highest BCUT2D eigenvalue weighted by atomic mass is 16.1. The molecule has 1 aliphatic rings. The zero-order valence-corrected chi connectivity index (χ0v) is 16.0. The highest BCUT2D eigenvalue weighted by Crippen LogP contribution is 2.34. The molecule has 5 nitrogen and oxygen atoms in total. The molecular formula is C24H20N4O. The molecule has 5 heteroatoms. The van der Waals surface area contributed by atoms with E-state index in [0.717, 1.165) is 34.1 Å². The van der Waals surface area contributed by atoms with Crippen molar-refractivity contribution in [3.63, 3.8) is 0 Å². The van der Waals surface area contributed by atoms with Gasteiger partial charge in [0.15, 0.2) is 0 Å². The first-order valence-corrected chi connectivity index (χ1v) is 9.80. The second-order valence-corrected chi connectivity index (χ2v) is 7.56. The summed E-state index contributed by atoms with van der Waals surface area (Å²) in [5.41, 5.74) is 4.37. The highest BCUT2D eigenvalue weighted by Gasteiger charge is 2.25. The van der Waals surface area contributed by atoms with Crippen LogP contribution in [0.3, 0.4) is 0 Å². The van der Waals surface area contributed by atoms with E-state index in [4.69, 9.17) is 6.42 Å². The van der Waals surface area contributed by atoms with E-state index >= 15 is 0 Å². The smallest absolute Gasteiger partial charge is 0.256 e. The first kappa shape index (κ1) is 17.4. The third-order valence-corrected chi connectivity index (χ3v) is 5.52. The second kappa shape index (κ2) is 7.06. The lowest BCUT2D eigenvalue weighted by molar-refractivity contribution is 0.604. The SMILES string of the molecule is C#Cc1cccc(-c2c(Cn3ccnn3)c(=O)n(CC3CC3)c3ccccc23)c1. The zero-order chi connectivity index (χ0) is 19.8. The number of hydrogen-bond donors (Lipinski definition) is 0. The van der Waals surface area contributed by atoms with E-state index in [1.54, 1.807) is 17.1 Å². The summed E-state index contributed by atoms with van der Waals surface area (Å²) < 4.78 is 3.63. The van der Waals surface area contributed by atoms with Gasteiger partial charge in [0.25, 0.3) is 5.56 Å². The molecular weight excluding hydrogens is 360 g/mol. The number of hydrogen-bond acceptors (Lipinski definition) is 3. The van der Waals surface area contributed by atoms with Crippen LogP contribution in [0.1, 0.15) is 24.0 Å². The van der Waals surface area contributed by atoms with Crippen molar-refractivity contribution in [1.82, 2.24) is 19.6 Å². The monoisotopic (exact) mass is 380 g/mol. The molecule has 0 N–H and O–H groups in total. The van der Waals surface area contributed by atoms with Crippen LogP contribution in [0.4, 0.5) is 0 Å². The number of nitrogens with zero attached hydrogens (tertiary/aromatic N) is 4. The van der Waals surface area contributed by atoms with Crippen LogP contribution in [-0.4, -0.2) is 19.6 Å². The van der Waals surface area contributed by atoms with Gasteiger partial charge in [-0.2, -0.15) is 0 Å². The van der Waals surface area contributed by atoms with Gasteiger partial charge in [-0.15, -0.1) is 11.5 Å². The average Bonchev–Trinajstić information content (AvgIpc) is 3.43. The van der Waals surface area contributed by atoms with E-state index in [9.17, 15) is 4.79 Å².